The molecule has 0 heterocycles. The molecule has 2 nitrogen and oxygen atoms in total. The van der Waals surface area contributed by atoms with Gasteiger partial charge in [-0.1, -0.05) is 45.0 Å². The molecular formula is C17H20O2S. The van der Waals surface area contributed by atoms with E-state index in [0.29, 0.717) is 9.79 Å². The third-order valence-electron chi connectivity index (χ3n) is 3.18. The monoisotopic (exact) mass is 288 g/mol. The lowest BCUT2D eigenvalue weighted by Gasteiger charge is -2.23. The summed E-state index contributed by atoms with van der Waals surface area (Å²) < 4.78 is 12.6. The molecule has 0 bridgehead atoms. The molecule has 1 unspecified atom stereocenters. The van der Waals surface area contributed by atoms with Crippen molar-refractivity contribution in [3.63, 3.8) is 0 Å². The lowest BCUT2D eigenvalue weighted by atomic mass is 9.85. The molecule has 3 heteroatoms. The number of phenolic OH excluding ortho intramolecular Hbond substituents is 1. The molecule has 2 rings (SSSR count). The smallest absolute Gasteiger partial charge is 0.200 e. The molecule has 0 radical (unpaired) electrons. The number of hydrogen-bond acceptors (Lipinski definition) is 2. The summed E-state index contributed by atoms with van der Waals surface area (Å²) in [6, 6.07) is 13.0. The van der Waals surface area contributed by atoms with E-state index in [1.54, 1.807) is 6.07 Å². The van der Waals surface area contributed by atoms with Gasteiger partial charge in [-0.05, 0) is 30.0 Å². The lowest BCUT2D eigenvalue weighted by molar-refractivity contribution is 0.431. The molecule has 0 amide bonds. The topological polar surface area (TPSA) is 43.3 Å². The summed E-state index contributed by atoms with van der Waals surface area (Å²) in [5.74, 6) is 0.144. The number of phenols is 1. The van der Waals surface area contributed by atoms with Gasteiger partial charge in [0.15, 0.2) is 10.6 Å². The largest absolute Gasteiger partial charge is 0.606 e. The molecule has 20 heavy (non-hydrogen) atoms. The maximum Gasteiger partial charge on any atom is 0.200 e. The predicted molar refractivity (Wildman–Crippen MR) is 82.7 cm³/mol. The highest BCUT2D eigenvalue weighted by Gasteiger charge is 2.27. The van der Waals surface area contributed by atoms with Crippen molar-refractivity contribution >= 4 is 11.2 Å². The van der Waals surface area contributed by atoms with Crippen LogP contribution in [0, 0.1) is 6.92 Å². The molecule has 2 aromatic rings. The van der Waals surface area contributed by atoms with Gasteiger partial charge in [-0.15, -0.1) is 0 Å². The van der Waals surface area contributed by atoms with Gasteiger partial charge in [0.25, 0.3) is 0 Å². The van der Waals surface area contributed by atoms with Gasteiger partial charge in [0, 0.05) is 22.8 Å². The van der Waals surface area contributed by atoms with Crippen LogP contribution in [0.15, 0.2) is 52.3 Å². The highest BCUT2D eigenvalue weighted by molar-refractivity contribution is 7.91. The van der Waals surface area contributed by atoms with Gasteiger partial charge in [-0.3, -0.25) is 0 Å². The van der Waals surface area contributed by atoms with E-state index in [2.05, 4.69) is 0 Å². The third-order valence-corrected chi connectivity index (χ3v) is 4.60. The van der Waals surface area contributed by atoms with Crippen molar-refractivity contribution in [3.8, 4) is 5.75 Å². The first-order valence-corrected chi connectivity index (χ1v) is 7.76. The Morgan fingerprint density at radius 1 is 1.05 bits per heavy atom. The fourth-order valence-corrected chi connectivity index (χ4v) is 3.37. The Hall–Kier alpha value is -1.45. The maximum absolute atomic E-state index is 12.6. The summed E-state index contributed by atoms with van der Waals surface area (Å²) in [5.41, 5.74) is 1.65. The minimum Gasteiger partial charge on any atom is -0.606 e. The Kier molecular flexibility index (Phi) is 4.11. The van der Waals surface area contributed by atoms with E-state index in [1.807, 2.05) is 64.1 Å². The molecule has 0 fully saturated rings. The molecule has 0 saturated heterocycles. The second-order valence-electron chi connectivity index (χ2n) is 5.99. The Labute approximate surface area is 123 Å². The average Bonchev–Trinajstić information content (AvgIpc) is 2.40. The SMILES string of the molecule is Cc1cc([S+]([O-])c2ccccc2)c(O)c(C(C)(C)C)c1. The number of benzene rings is 2. The molecule has 1 N–H and O–H groups in total. The Bertz CT molecular complexity index is 600. The highest BCUT2D eigenvalue weighted by Crippen LogP contribution is 2.38. The van der Waals surface area contributed by atoms with Crippen molar-refractivity contribution < 1.29 is 9.66 Å². The molecule has 2 aromatic carbocycles. The lowest BCUT2D eigenvalue weighted by Crippen LogP contribution is -2.14. The summed E-state index contributed by atoms with van der Waals surface area (Å²) in [6.07, 6.45) is 0. The van der Waals surface area contributed by atoms with Crippen LogP contribution < -0.4 is 0 Å². The van der Waals surface area contributed by atoms with Crippen LogP contribution in [-0.4, -0.2) is 9.66 Å². The van der Waals surface area contributed by atoms with Crippen LogP contribution in [0.2, 0.25) is 0 Å². The number of aromatic hydroxyl groups is 1. The number of aryl methyl sites for hydroxylation is 1. The van der Waals surface area contributed by atoms with E-state index >= 15 is 0 Å². The normalized spacial score (nSPS) is 13.2. The number of hydrogen-bond donors (Lipinski definition) is 1. The zero-order valence-corrected chi connectivity index (χ0v) is 13.1. The Balaban J connectivity index is 2.55. The minimum absolute atomic E-state index is 0.144. The molecule has 0 aliphatic carbocycles. The minimum atomic E-state index is -1.36. The van der Waals surface area contributed by atoms with Gasteiger partial charge in [0.2, 0.25) is 4.90 Å². The van der Waals surface area contributed by atoms with Crippen LogP contribution in [0.1, 0.15) is 31.9 Å². The molecule has 0 aromatic heterocycles. The van der Waals surface area contributed by atoms with E-state index in [4.69, 9.17) is 0 Å². The predicted octanol–water partition coefficient (Wildman–Crippen LogP) is 4.16. The molecule has 106 valence electrons. The summed E-state index contributed by atoms with van der Waals surface area (Å²) in [4.78, 5) is 1.19. The second-order valence-corrected chi connectivity index (χ2v) is 7.44. The van der Waals surface area contributed by atoms with Crippen LogP contribution >= 0.6 is 0 Å². The highest BCUT2D eigenvalue weighted by atomic mass is 32.2. The fourth-order valence-electron chi connectivity index (χ4n) is 2.13. The zero-order valence-electron chi connectivity index (χ0n) is 12.3. The summed E-state index contributed by atoms with van der Waals surface area (Å²) >= 11 is -1.36. The van der Waals surface area contributed by atoms with Crippen LogP contribution in [0.3, 0.4) is 0 Å². The van der Waals surface area contributed by atoms with Crippen molar-refractivity contribution in [2.24, 2.45) is 0 Å². The fraction of sp³-hybridized carbons (Fsp3) is 0.294. The van der Waals surface area contributed by atoms with E-state index < -0.39 is 11.2 Å². The van der Waals surface area contributed by atoms with Crippen LogP contribution in [0.25, 0.3) is 0 Å². The van der Waals surface area contributed by atoms with Crippen LogP contribution in [0.4, 0.5) is 0 Å². The second kappa shape index (κ2) is 5.51. The Morgan fingerprint density at radius 3 is 2.20 bits per heavy atom. The van der Waals surface area contributed by atoms with Crippen LogP contribution in [-0.2, 0) is 16.6 Å². The summed E-state index contributed by atoms with van der Waals surface area (Å²) in [6.45, 7) is 8.07. The van der Waals surface area contributed by atoms with Gasteiger partial charge in [-0.2, -0.15) is 0 Å². The zero-order chi connectivity index (χ0) is 14.9. The standard InChI is InChI=1S/C17H20O2S/c1-12-10-14(17(2,3)4)16(18)15(11-12)20(19)13-8-6-5-7-9-13/h5-11,18H,1-4H3. The van der Waals surface area contributed by atoms with Gasteiger partial charge in [0.1, 0.15) is 0 Å². The first-order chi connectivity index (χ1) is 9.30. The van der Waals surface area contributed by atoms with E-state index in [-0.39, 0.29) is 11.2 Å². The van der Waals surface area contributed by atoms with Gasteiger partial charge in [-0.25, -0.2) is 0 Å². The first-order valence-electron chi connectivity index (χ1n) is 6.61. The average molecular weight is 288 g/mol. The van der Waals surface area contributed by atoms with Gasteiger partial charge < -0.3 is 9.66 Å². The molecular weight excluding hydrogens is 268 g/mol. The maximum atomic E-state index is 12.6. The third kappa shape index (κ3) is 3.00. The quantitative estimate of drug-likeness (QED) is 0.843. The number of rotatable bonds is 2. The van der Waals surface area contributed by atoms with Crippen molar-refractivity contribution in [1.82, 2.24) is 0 Å². The summed E-state index contributed by atoms with van der Waals surface area (Å²) in [7, 11) is 0. The molecule has 0 spiro atoms. The summed E-state index contributed by atoms with van der Waals surface area (Å²) in [5, 5.41) is 10.5. The molecule has 0 aliphatic rings. The van der Waals surface area contributed by atoms with E-state index in [0.717, 1.165) is 11.1 Å². The first kappa shape index (κ1) is 14.9. The molecule has 0 aliphatic heterocycles. The Morgan fingerprint density at radius 2 is 1.65 bits per heavy atom. The van der Waals surface area contributed by atoms with Crippen LogP contribution in [0.5, 0.6) is 5.75 Å². The van der Waals surface area contributed by atoms with Crippen molar-refractivity contribution in [2.75, 3.05) is 0 Å². The van der Waals surface area contributed by atoms with E-state index in [9.17, 15) is 9.66 Å². The van der Waals surface area contributed by atoms with Crippen molar-refractivity contribution in [1.29, 1.82) is 0 Å². The van der Waals surface area contributed by atoms with Gasteiger partial charge in [0.05, 0.1) is 0 Å². The van der Waals surface area contributed by atoms with E-state index in [1.165, 1.54) is 0 Å². The molecule has 0 saturated carbocycles. The van der Waals surface area contributed by atoms with Crippen molar-refractivity contribution in [3.05, 3.63) is 53.6 Å². The van der Waals surface area contributed by atoms with Crippen molar-refractivity contribution in [2.45, 2.75) is 42.9 Å². The molecule has 1 atom stereocenters. The van der Waals surface area contributed by atoms with Gasteiger partial charge >= 0.3 is 0 Å².